The van der Waals surface area contributed by atoms with Crippen LogP contribution in [0.5, 0.6) is 0 Å². The number of carbonyl (C=O) groups is 3. The van der Waals surface area contributed by atoms with Crippen molar-refractivity contribution >= 4 is 40.6 Å². The molecule has 0 aliphatic carbocycles. The molecule has 0 atom stereocenters. The number of anilines is 1. The Kier molecular flexibility index (Phi) is 5.78. The highest BCUT2D eigenvalue weighted by Gasteiger charge is 2.36. The number of benzene rings is 2. The molecule has 0 spiro atoms. The van der Waals surface area contributed by atoms with Crippen molar-refractivity contribution in [2.45, 2.75) is 13.1 Å². The van der Waals surface area contributed by atoms with Crippen LogP contribution in [0.25, 0.3) is 6.08 Å². The third-order valence-corrected chi connectivity index (χ3v) is 5.03. The van der Waals surface area contributed by atoms with Gasteiger partial charge < -0.3 is 5.32 Å². The lowest BCUT2D eigenvalue weighted by molar-refractivity contribution is -0.137. The topological polar surface area (TPSA) is 66.5 Å². The number of hydrogen-bond acceptors (Lipinski definition) is 4. The van der Waals surface area contributed by atoms with Crippen LogP contribution in [0.3, 0.4) is 0 Å². The second-order valence-electron chi connectivity index (χ2n) is 6.25. The zero-order valence-electron chi connectivity index (χ0n) is 15.1. The third kappa shape index (κ3) is 4.86. The van der Waals surface area contributed by atoms with E-state index in [4.69, 9.17) is 0 Å². The average Bonchev–Trinajstić information content (AvgIpc) is 2.90. The zero-order valence-corrected chi connectivity index (χ0v) is 15.9. The maximum Gasteiger partial charge on any atom is 0.416 e. The summed E-state index contributed by atoms with van der Waals surface area (Å²) in [5.74, 6) is -1.40. The number of amides is 3. The highest BCUT2D eigenvalue weighted by Crippen LogP contribution is 2.33. The summed E-state index contributed by atoms with van der Waals surface area (Å²) in [6.45, 7) is 1.27. The minimum absolute atomic E-state index is 0.0766. The lowest BCUT2D eigenvalue weighted by Crippen LogP contribution is -2.36. The molecule has 2 aromatic rings. The van der Waals surface area contributed by atoms with E-state index in [0.717, 1.165) is 34.2 Å². The van der Waals surface area contributed by atoms with Gasteiger partial charge in [0, 0.05) is 5.69 Å². The smallest absolute Gasteiger partial charge is 0.325 e. The van der Waals surface area contributed by atoms with Crippen LogP contribution in [0.15, 0.2) is 53.4 Å². The predicted octanol–water partition coefficient (Wildman–Crippen LogP) is 4.69. The number of carbonyl (C=O) groups excluding carboxylic acids is 3. The summed E-state index contributed by atoms with van der Waals surface area (Å²) in [6.07, 6.45) is -2.97. The highest BCUT2D eigenvalue weighted by molar-refractivity contribution is 8.18. The van der Waals surface area contributed by atoms with Gasteiger partial charge in [0.05, 0.1) is 10.5 Å². The van der Waals surface area contributed by atoms with Crippen molar-refractivity contribution in [1.82, 2.24) is 4.90 Å². The van der Waals surface area contributed by atoms with Crippen molar-refractivity contribution in [1.29, 1.82) is 0 Å². The van der Waals surface area contributed by atoms with E-state index in [2.05, 4.69) is 5.32 Å². The molecule has 2 aromatic carbocycles. The van der Waals surface area contributed by atoms with E-state index in [0.29, 0.717) is 11.8 Å². The number of nitrogens with one attached hydrogen (secondary N) is 1. The largest absolute Gasteiger partial charge is 0.416 e. The van der Waals surface area contributed by atoms with Crippen LogP contribution in [0.2, 0.25) is 0 Å². The van der Waals surface area contributed by atoms with E-state index in [1.165, 1.54) is 6.07 Å². The first kappa shape index (κ1) is 20.7. The number of hydrogen-bond donors (Lipinski definition) is 1. The molecule has 0 radical (unpaired) electrons. The van der Waals surface area contributed by atoms with Gasteiger partial charge in [0.1, 0.15) is 6.54 Å². The number of rotatable bonds is 4. The number of nitrogens with zero attached hydrogens (tertiary/aromatic N) is 1. The summed E-state index contributed by atoms with van der Waals surface area (Å²) < 4.78 is 38.3. The zero-order chi connectivity index (χ0) is 21.2. The molecule has 150 valence electrons. The molecule has 0 saturated carbocycles. The summed E-state index contributed by atoms with van der Waals surface area (Å²) in [5, 5.41) is 1.67. The lowest BCUT2D eigenvalue weighted by atomic mass is 10.1. The normalized spacial score (nSPS) is 15.9. The van der Waals surface area contributed by atoms with Crippen molar-refractivity contribution in [3.05, 3.63) is 70.1 Å². The van der Waals surface area contributed by atoms with Crippen molar-refractivity contribution in [3.8, 4) is 0 Å². The summed E-state index contributed by atoms with van der Waals surface area (Å²) in [7, 11) is 0. The molecule has 5 nitrogen and oxygen atoms in total. The molecule has 1 aliphatic rings. The van der Waals surface area contributed by atoms with Crippen LogP contribution in [0.4, 0.5) is 23.7 Å². The Hall–Kier alpha value is -3.07. The van der Waals surface area contributed by atoms with E-state index in [1.807, 2.05) is 19.1 Å². The Labute approximate surface area is 168 Å². The van der Waals surface area contributed by atoms with Crippen molar-refractivity contribution in [2.75, 3.05) is 11.9 Å². The van der Waals surface area contributed by atoms with Gasteiger partial charge in [-0.15, -0.1) is 0 Å². The van der Waals surface area contributed by atoms with E-state index >= 15 is 0 Å². The Morgan fingerprint density at radius 3 is 2.55 bits per heavy atom. The molecular weight excluding hydrogens is 405 g/mol. The van der Waals surface area contributed by atoms with Crippen LogP contribution in [0, 0.1) is 6.92 Å². The molecule has 1 heterocycles. The van der Waals surface area contributed by atoms with Gasteiger partial charge in [0.15, 0.2) is 0 Å². The van der Waals surface area contributed by atoms with E-state index in [1.54, 1.807) is 18.2 Å². The predicted molar refractivity (Wildman–Crippen MR) is 104 cm³/mol. The first-order valence-electron chi connectivity index (χ1n) is 8.43. The number of imide groups is 1. The summed E-state index contributed by atoms with van der Waals surface area (Å²) in [4.78, 5) is 37.7. The molecule has 0 unspecified atom stereocenters. The van der Waals surface area contributed by atoms with Gasteiger partial charge >= 0.3 is 6.18 Å². The average molecular weight is 420 g/mol. The summed E-state index contributed by atoms with van der Waals surface area (Å²) >= 11 is 0.709. The SMILES string of the molecule is Cc1ccccc1/C=C1\SC(=O)N(CC(=O)Nc2cccc(C(F)(F)F)c2)C1=O. The molecule has 0 bridgehead atoms. The third-order valence-electron chi connectivity index (χ3n) is 4.12. The van der Waals surface area contributed by atoms with Crippen molar-refractivity contribution < 1.29 is 27.6 Å². The number of thioether (sulfide) groups is 1. The Morgan fingerprint density at radius 2 is 1.86 bits per heavy atom. The molecule has 0 aromatic heterocycles. The first-order valence-corrected chi connectivity index (χ1v) is 9.25. The maximum absolute atomic E-state index is 12.8. The fraction of sp³-hybridized carbons (Fsp3) is 0.150. The summed E-state index contributed by atoms with van der Waals surface area (Å²) in [5.41, 5.74) is 0.697. The standard InChI is InChI=1S/C20H15F3N2O3S/c1-12-5-2-3-6-13(12)9-16-18(27)25(19(28)29-16)11-17(26)24-15-8-4-7-14(10-15)20(21,22)23/h2-10H,11H2,1H3,(H,24,26)/b16-9-. The number of aryl methyl sites for hydroxylation is 1. The molecule has 1 saturated heterocycles. The fourth-order valence-electron chi connectivity index (χ4n) is 2.64. The lowest BCUT2D eigenvalue weighted by Gasteiger charge is -2.13. The molecule has 9 heteroatoms. The Balaban J connectivity index is 1.70. The molecular formula is C20H15F3N2O3S. The van der Waals surface area contributed by atoms with E-state index in [9.17, 15) is 27.6 Å². The van der Waals surface area contributed by atoms with Gasteiger partial charge in [-0.1, -0.05) is 30.3 Å². The quantitative estimate of drug-likeness (QED) is 0.729. The van der Waals surface area contributed by atoms with Gasteiger partial charge in [-0.3, -0.25) is 19.3 Å². The minimum Gasteiger partial charge on any atom is -0.325 e. The maximum atomic E-state index is 12.8. The fourth-order valence-corrected chi connectivity index (χ4v) is 3.47. The first-order chi connectivity index (χ1) is 13.6. The molecule has 3 rings (SSSR count). The van der Waals surface area contributed by atoms with E-state index in [-0.39, 0.29) is 10.6 Å². The number of halogens is 3. The van der Waals surface area contributed by atoms with Gasteiger partial charge in [0.2, 0.25) is 5.91 Å². The van der Waals surface area contributed by atoms with Crippen molar-refractivity contribution in [2.24, 2.45) is 0 Å². The van der Waals surface area contributed by atoms with Crippen molar-refractivity contribution in [3.63, 3.8) is 0 Å². The second kappa shape index (κ2) is 8.12. The van der Waals surface area contributed by atoms with Crippen LogP contribution in [-0.2, 0) is 15.8 Å². The molecule has 1 aliphatic heterocycles. The van der Waals surface area contributed by atoms with Crippen LogP contribution in [-0.4, -0.2) is 28.5 Å². The van der Waals surface area contributed by atoms with Gasteiger partial charge in [-0.05, 0) is 54.1 Å². The minimum atomic E-state index is -4.55. The van der Waals surface area contributed by atoms with Crippen LogP contribution >= 0.6 is 11.8 Å². The molecule has 29 heavy (non-hydrogen) atoms. The molecule has 1 N–H and O–H groups in total. The molecule has 3 amide bonds. The van der Waals surface area contributed by atoms with E-state index < -0.39 is 35.3 Å². The van der Waals surface area contributed by atoms with Gasteiger partial charge in [0.25, 0.3) is 11.1 Å². The van der Waals surface area contributed by atoms with Crippen LogP contribution < -0.4 is 5.32 Å². The monoisotopic (exact) mass is 420 g/mol. The van der Waals surface area contributed by atoms with Gasteiger partial charge in [-0.25, -0.2) is 0 Å². The number of alkyl halides is 3. The highest BCUT2D eigenvalue weighted by atomic mass is 32.2. The Morgan fingerprint density at radius 1 is 1.14 bits per heavy atom. The summed E-state index contributed by atoms with van der Waals surface area (Å²) in [6, 6.07) is 11.4. The van der Waals surface area contributed by atoms with Gasteiger partial charge in [-0.2, -0.15) is 13.2 Å². The molecule has 1 fully saturated rings. The second-order valence-corrected chi connectivity index (χ2v) is 7.24. The van der Waals surface area contributed by atoms with Crippen LogP contribution in [0.1, 0.15) is 16.7 Å². The Bertz CT molecular complexity index is 1020.